The maximum Gasteiger partial charge on any atom is 0.0595 e. The van der Waals surface area contributed by atoms with Crippen molar-refractivity contribution in [3.63, 3.8) is 0 Å². The monoisotopic (exact) mass is 177 g/mol. The normalized spacial score (nSPS) is 16.5. The number of nitrogens with zero attached hydrogens (tertiary/aromatic N) is 3. The maximum atomic E-state index is 4.27. The molecule has 3 heteroatoms. The van der Waals surface area contributed by atoms with E-state index in [1.807, 2.05) is 6.20 Å². The minimum Gasteiger partial charge on any atom is -0.370 e. The van der Waals surface area contributed by atoms with Gasteiger partial charge >= 0.3 is 0 Å². The van der Waals surface area contributed by atoms with Gasteiger partial charge in [0.2, 0.25) is 0 Å². The predicted octanol–water partition coefficient (Wildman–Crippen LogP) is 1.62. The van der Waals surface area contributed by atoms with E-state index in [9.17, 15) is 0 Å². The van der Waals surface area contributed by atoms with Gasteiger partial charge in [0.1, 0.15) is 0 Å². The van der Waals surface area contributed by atoms with Gasteiger partial charge in [-0.05, 0) is 19.4 Å². The summed E-state index contributed by atoms with van der Waals surface area (Å²) >= 11 is 0. The van der Waals surface area contributed by atoms with E-state index in [2.05, 4.69) is 34.2 Å². The Morgan fingerprint density at radius 2 is 2.38 bits per heavy atom. The number of aromatic nitrogens is 2. The molecule has 1 aliphatic rings. The van der Waals surface area contributed by atoms with Crippen LogP contribution in [0.2, 0.25) is 0 Å². The number of hydrogen-bond donors (Lipinski definition) is 0. The number of rotatable bonds is 1. The first-order chi connectivity index (χ1) is 6.27. The first kappa shape index (κ1) is 8.35. The highest BCUT2D eigenvalue weighted by molar-refractivity contribution is 5.04. The zero-order valence-corrected chi connectivity index (χ0v) is 8.03. The molecule has 13 heavy (non-hydrogen) atoms. The SMILES string of the molecule is C=C(C)N1CCCn2nccc2C1. The second kappa shape index (κ2) is 3.24. The van der Waals surface area contributed by atoms with Crippen molar-refractivity contribution in [2.24, 2.45) is 0 Å². The Kier molecular flexibility index (Phi) is 2.08. The van der Waals surface area contributed by atoms with Gasteiger partial charge in [-0.3, -0.25) is 4.68 Å². The molecule has 0 N–H and O–H groups in total. The van der Waals surface area contributed by atoms with Gasteiger partial charge < -0.3 is 4.90 Å². The fraction of sp³-hybridized carbons (Fsp3) is 0.500. The molecule has 2 heterocycles. The third kappa shape index (κ3) is 1.59. The first-order valence-corrected chi connectivity index (χ1v) is 4.68. The van der Waals surface area contributed by atoms with Crippen LogP contribution in [0.1, 0.15) is 19.0 Å². The molecule has 0 aromatic carbocycles. The maximum absolute atomic E-state index is 4.27. The highest BCUT2D eigenvalue weighted by Crippen LogP contribution is 2.14. The third-order valence-corrected chi connectivity index (χ3v) is 2.50. The van der Waals surface area contributed by atoms with E-state index in [0.717, 1.165) is 31.8 Å². The van der Waals surface area contributed by atoms with E-state index in [0.29, 0.717) is 0 Å². The van der Waals surface area contributed by atoms with Crippen molar-refractivity contribution in [3.8, 4) is 0 Å². The summed E-state index contributed by atoms with van der Waals surface area (Å²) in [4.78, 5) is 2.31. The average molecular weight is 177 g/mol. The summed E-state index contributed by atoms with van der Waals surface area (Å²) in [6.45, 7) is 9.12. The quantitative estimate of drug-likeness (QED) is 0.650. The molecule has 0 spiro atoms. The molecule has 0 aliphatic carbocycles. The van der Waals surface area contributed by atoms with Crippen molar-refractivity contribution in [3.05, 3.63) is 30.2 Å². The summed E-state index contributed by atoms with van der Waals surface area (Å²) < 4.78 is 2.09. The largest absolute Gasteiger partial charge is 0.370 e. The number of fused-ring (bicyclic) bond motifs is 1. The van der Waals surface area contributed by atoms with Crippen LogP contribution >= 0.6 is 0 Å². The molecule has 0 unspecified atom stereocenters. The topological polar surface area (TPSA) is 21.1 Å². The minimum atomic E-state index is 0.954. The number of allylic oxidation sites excluding steroid dienone is 1. The molecule has 3 nitrogen and oxygen atoms in total. The number of aryl methyl sites for hydroxylation is 1. The zero-order chi connectivity index (χ0) is 9.26. The van der Waals surface area contributed by atoms with Crippen LogP contribution in [0.15, 0.2) is 24.5 Å². The van der Waals surface area contributed by atoms with E-state index in [1.165, 1.54) is 5.69 Å². The lowest BCUT2D eigenvalue weighted by Crippen LogP contribution is -2.20. The van der Waals surface area contributed by atoms with Crippen molar-refractivity contribution in [1.82, 2.24) is 14.7 Å². The van der Waals surface area contributed by atoms with Crippen LogP contribution in [0.3, 0.4) is 0 Å². The van der Waals surface area contributed by atoms with Crippen molar-refractivity contribution < 1.29 is 0 Å². The standard InChI is InChI=1S/C10H15N3/c1-9(2)12-6-3-7-13-10(8-12)4-5-11-13/h4-5H,1,3,6-8H2,2H3. The smallest absolute Gasteiger partial charge is 0.0595 e. The Labute approximate surface area is 78.7 Å². The molecule has 70 valence electrons. The van der Waals surface area contributed by atoms with Gasteiger partial charge in [-0.25, -0.2) is 0 Å². The number of hydrogen-bond acceptors (Lipinski definition) is 2. The van der Waals surface area contributed by atoms with Crippen LogP contribution in [0.4, 0.5) is 0 Å². The molecular weight excluding hydrogens is 162 g/mol. The lowest BCUT2D eigenvalue weighted by Gasteiger charge is -2.21. The molecule has 2 rings (SSSR count). The van der Waals surface area contributed by atoms with Crippen LogP contribution in [0, 0.1) is 0 Å². The van der Waals surface area contributed by atoms with E-state index in [4.69, 9.17) is 0 Å². The van der Waals surface area contributed by atoms with Gasteiger partial charge in [0.25, 0.3) is 0 Å². The van der Waals surface area contributed by atoms with Crippen molar-refractivity contribution in [1.29, 1.82) is 0 Å². The fourth-order valence-corrected chi connectivity index (χ4v) is 1.71. The van der Waals surface area contributed by atoms with E-state index in [1.54, 1.807) is 0 Å². The van der Waals surface area contributed by atoms with Crippen molar-refractivity contribution in [2.45, 2.75) is 26.4 Å². The van der Waals surface area contributed by atoms with Crippen LogP contribution < -0.4 is 0 Å². The van der Waals surface area contributed by atoms with Gasteiger partial charge in [0.15, 0.2) is 0 Å². The van der Waals surface area contributed by atoms with E-state index >= 15 is 0 Å². The summed E-state index contributed by atoms with van der Waals surface area (Å²) in [7, 11) is 0. The molecule has 1 aliphatic heterocycles. The van der Waals surface area contributed by atoms with Gasteiger partial charge in [-0.2, -0.15) is 5.10 Å². The predicted molar refractivity (Wildman–Crippen MR) is 52.1 cm³/mol. The van der Waals surface area contributed by atoms with Gasteiger partial charge in [-0.15, -0.1) is 0 Å². The van der Waals surface area contributed by atoms with E-state index in [-0.39, 0.29) is 0 Å². The molecule has 0 saturated heterocycles. The first-order valence-electron chi connectivity index (χ1n) is 4.68. The third-order valence-electron chi connectivity index (χ3n) is 2.50. The zero-order valence-electron chi connectivity index (χ0n) is 8.03. The second-order valence-electron chi connectivity index (χ2n) is 3.56. The van der Waals surface area contributed by atoms with Crippen molar-refractivity contribution >= 4 is 0 Å². The summed E-state index contributed by atoms with van der Waals surface area (Å²) in [6, 6.07) is 2.08. The van der Waals surface area contributed by atoms with Crippen LogP contribution in [-0.4, -0.2) is 21.2 Å². The molecule has 0 atom stereocenters. The average Bonchev–Trinajstić information content (AvgIpc) is 2.42. The molecule has 0 amide bonds. The highest BCUT2D eigenvalue weighted by atomic mass is 15.3. The molecule has 0 fully saturated rings. The summed E-state index contributed by atoms with van der Waals surface area (Å²) in [6.07, 6.45) is 3.03. The molecular formula is C10H15N3. The molecule has 0 bridgehead atoms. The fourth-order valence-electron chi connectivity index (χ4n) is 1.71. The van der Waals surface area contributed by atoms with Crippen LogP contribution in [0.25, 0.3) is 0 Å². The summed E-state index contributed by atoms with van der Waals surface area (Å²) in [5.74, 6) is 0. The Balaban J connectivity index is 2.21. The molecule has 0 radical (unpaired) electrons. The van der Waals surface area contributed by atoms with Gasteiger partial charge in [0.05, 0.1) is 12.2 Å². The molecule has 1 aromatic rings. The summed E-state index contributed by atoms with van der Waals surface area (Å²) in [5, 5.41) is 4.27. The lowest BCUT2D eigenvalue weighted by atomic mass is 10.3. The second-order valence-corrected chi connectivity index (χ2v) is 3.56. The van der Waals surface area contributed by atoms with Gasteiger partial charge in [0, 0.05) is 25.0 Å². The Morgan fingerprint density at radius 3 is 3.15 bits per heavy atom. The summed E-state index contributed by atoms with van der Waals surface area (Å²) in [5.41, 5.74) is 2.44. The Hall–Kier alpha value is -1.25. The van der Waals surface area contributed by atoms with E-state index < -0.39 is 0 Å². The Morgan fingerprint density at radius 1 is 1.54 bits per heavy atom. The van der Waals surface area contributed by atoms with Crippen molar-refractivity contribution in [2.75, 3.05) is 6.54 Å². The van der Waals surface area contributed by atoms with Crippen LogP contribution in [-0.2, 0) is 13.1 Å². The molecule has 1 aromatic heterocycles. The van der Waals surface area contributed by atoms with Crippen LogP contribution in [0.5, 0.6) is 0 Å². The van der Waals surface area contributed by atoms with Gasteiger partial charge in [-0.1, -0.05) is 6.58 Å². The molecule has 0 saturated carbocycles. The minimum absolute atomic E-state index is 0.954. The Bertz CT molecular complexity index is 314. The highest BCUT2D eigenvalue weighted by Gasteiger charge is 2.13. The lowest BCUT2D eigenvalue weighted by molar-refractivity contribution is 0.344.